The third-order valence-electron chi connectivity index (χ3n) is 4.92. The van der Waals surface area contributed by atoms with E-state index in [9.17, 15) is 5.11 Å². The molecule has 0 aromatic heterocycles. The van der Waals surface area contributed by atoms with E-state index in [0.717, 1.165) is 40.1 Å². The van der Waals surface area contributed by atoms with Crippen molar-refractivity contribution in [3.63, 3.8) is 0 Å². The van der Waals surface area contributed by atoms with E-state index in [-0.39, 0.29) is 0 Å². The molecule has 0 radical (unpaired) electrons. The number of nitrogens with zero attached hydrogens (tertiary/aromatic N) is 2. The van der Waals surface area contributed by atoms with Crippen LogP contribution in [0.25, 0.3) is 6.08 Å². The highest BCUT2D eigenvalue weighted by Crippen LogP contribution is 2.46. The zero-order chi connectivity index (χ0) is 17.5. The third-order valence-corrected chi connectivity index (χ3v) is 4.92. The molecule has 1 aromatic carbocycles. The van der Waals surface area contributed by atoms with Crippen LogP contribution in [0.2, 0.25) is 0 Å². The second kappa shape index (κ2) is 6.06. The summed E-state index contributed by atoms with van der Waals surface area (Å²) in [7, 11) is 8.13. The van der Waals surface area contributed by atoms with Crippen LogP contribution in [0.4, 0.5) is 5.69 Å². The number of hydrogen-bond acceptors (Lipinski definition) is 2. The fourth-order valence-corrected chi connectivity index (χ4v) is 3.56. The van der Waals surface area contributed by atoms with E-state index >= 15 is 0 Å². The maximum absolute atomic E-state index is 11.7. The smallest absolute Gasteiger partial charge is 0.199 e. The van der Waals surface area contributed by atoms with Crippen LogP contribution in [0.15, 0.2) is 47.6 Å². The van der Waals surface area contributed by atoms with Gasteiger partial charge in [0.1, 0.15) is 19.7 Å². The number of allylic oxidation sites excluding steroid dienone is 3. The molecular weight excluding hydrogens is 296 g/mol. The molecule has 0 saturated heterocycles. The molecule has 24 heavy (non-hydrogen) atoms. The van der Waals surface area contributed by atoms with Crippen molar-refractivity contribution in [2.45, 2.75) is 25.4 Å². The van der Waals surface area contributed by atoms with Gasteiger partial charge >= 0.3 is 0 Å². The van der Waals surface area contributed by atoms with Gasteiger partial charge in [0.25, 0.3) is 0 Å². The molecule has 1 aromatic rings. The van der Waals surface area contributed by atoms with Crippen molar-refractivity contribution in [3.8, 4) is 0 Å². The molecule has 2 aliphatic carbocycles. The monoisotopic (exact) mass is 323 g/mol. The van der Waals surface area contributed by atoms with Crippen LogP contribution < -0.4 is 4.90 Å². The van der Waals surface area contributed by atoms with Gasteiger partial charge in [0.05, 0.1) is 0 Å². The molecule has 0 heterocycles. The fraction of sp³-hybridized carbons (Fsp3) is 0.381. The van der Waals surface area contributed by atoms with Crippen molar-refractivity contribution in [1.82, 2.24) is 0 Å². The number of benzene rings is 1. The molecule has 3 rings (SSSR count). The van der Waals surface area contributed by atoms with Crippen molar-refractivity contribution in [3.05, 3.63) is 58.7 Å². The van der Waals surface area contributed by atoms with Gasteiger partial charge in [0.2, 0.25) is 0 Å². The van der Waals surface area contributed by atoms with Gasteiger partial charge in [-0.1, -0.05) is 19.4 Å². The van der Waals surface area contributed by atoms with Gasteiger partial charge < -0.3 is 10.0 Å². The Balaban J connectivity index is 2.25. The van der Waals surface area contributed by atoms with Crippen LogP contribution >= 0.6 is 0 Å². The minimum Gasteiger partial charge on any atom is -0.380 e. The zero-order valence-corrected chi connectivity index (χ0v) is 15.3. The highest BCUT2D eigenvalue weighted by Gasteiger charge is 2.40. The van der Waals surface area contributed by atoms with Crippen molar-refractivity contribution in [2.75, 3.05) is 33.1 Å². The molecule has 2 aliphatic rings. The predicted molar refractivity (Wildman–Crippen MR) is 102 cm³/mol. The van der Waals surface area contributed by atoms with Crippen LogP contribution in [0.5, 0.6) is 0 Å². The van der Waals surface area contributed by atoms with Gasteiger partial charge in [-0.25, -0.2) is 4.58 Å². The summed E-state index contributed by atoms with van der Waals surface area (Å²) in [6.07, 6.45) is 10.2. The Hall–Kier alpha value is -2.13. The molecule has 0 spiro atoms. The number of fused-ring (bicyclic) bond motifs is 2. The lowest BCUT2D eigenvalue weighted by molar-refractivity contribution is -0.462. The van der Waals surface area contributed by atoms with Crippen LogP contribution in [0.3, 0.4) is 0 Å². The molecular formula is C21H27N2O+. The van der Waals surface area contributed by atoms with Gasteiger partial charge in [-0.3, -0.25) is 0 Å². The first-order valence-corrected chi connectivity index (χ1v) is 8.57. The minimum absolute atomic E-state index is 0.717. The van der Waals surface area contributed by atoms with E-state index in [1.54, 1.807) is 0 Å². The van der Waals surface area contributed by atoms with Gasteiger partial charge in [0, 0.05) is 37.5 Å². The van der Waals surface area contributed by atoms with E-state index in [4.69, 9.17) is 0 Å². The van der Waals surface area contributed by atoms with Crippen molar-refractivity contribution in [1.29, 1.82) is 0 Å². The lowest BCUT2D eigenvalue weighted by Gasteiger charge is -2.38. The molecule has 0 amide bonds. The summed E-state index contributed by atoms with van der Waals surface area (Å²) in [5, 5.41) is 11.7. The third kappa shape index (κ3) is 2.63. The summed E-state index contributed by atoms with van der Waals surface area (Å²) in [5.74, 6) is 0. The SMILES string of the molecule is CCCC1(O)C2=CC(=[N+](C)C)C=CC2=Cc2ccc(N(C)C)cc21. The average molecular weight is 323 g/mol. The Morgan fingerprint density at radius 2 is 1.88 bits per heavy atom. The zero-order valence-electron chi connectivity index (χ0n) is 15.3. The topological polar surface area (TPSA) is 26.5 Å². The fourth-order valence-electron chi connectivity index (χ4n) is 3.56. The predicted octanol–water partition coefficient (Wildman–Crippen LogP) is 3.35. The highest BCUT2D eigenvalue weighted by atomic mass is 16.3. The summed E-state index contributed by atoms with van der Waals surface area (Å²) >= 11 is 0. The Labute approximate surface area is 144 Å². The van der Waals surface area contributed by atoms with E-state index < -0.39 is 5.60 Å². The molecule has 0 aliphatic heterocycles. The molecule has 1 atom stereocenters. The normalized spacial score (nSPS) is 21.7. The number of rotatable bonds is 3. The summed E-state index contributed by atoms with van der Waals surface area (Å²) in [5.41, 5.74) is 5.54. The first-order chi connectivity index (χ1) is 11.4. The lowest BCUT2D eigenvalue weighted by atomic mass is 9.71. The van der Waals surface area contributed by atoms with Crippen molar-refractivity contribution < 1.29 is 9.68 Å². The van der Waals surface area contributed by atoms with Gasteiger partial charge in [-0.05, 0) is 47.4 Å². The quantitative estimate of drug-likeness (QED) is 0.864. The van der Waals surface area contributed by atoms with Gasteiger partial charge in [-0.15, -0.1) is 0 Å². The Bertz CT molecular complexity index is 792. The van der Waals surface area contributed by atoms with E-state index in [0.29, 0.717) is 6.42 Å². The Morgan fingerprint density at radius 1 is 1.12 bits per heavy atom. The molecule has 1 unspecified atom stereocenters. The van der Waals surface area contributed by atoms with Crippen LogP contribution in [-0.2, 0) is 5.60 Å². The largest absolute Gasteiger partial charge is 0.380 e. The van der Waals surface area contributed by atoms with Gasteiger partial charge in [-0.2, -0.15) is 0 Å². The van der Waals surface area contributed by atoms with E-state index in [1.165, 1.54) is 0 Å². The molecule has 3 nitrogen and oxygen atoms in total. The Morgan fingerprint density at radius 3 is 2.50 bits per heavy atom. The van der Waals surface area contributed by atoms with Crippen LogP contribution in [-0.4, -0.2) is 43.6 Å². The second-order valence-electron chi connectivity index (χ2n) is 7.09. The lowest BCUT2D eigenvalue weighted by Crippen LogP contribution is -2.34. The molecule has 1 N–H and O–H groups in total. The van der Waals surface area contributed by atoms with Crippen LogP contribution in [0, 0.1) is 0 Å². The maximum Gasteiger partial charge on any atom is 0.199 e. The Kier molecular flexibility index (Phi) is 4.22. The first kappa shape index (κ1) is 16.7. The summed E-state index contributed by atoms with van der Waals surface area (Å²) < 4.78 is 2.08. The van der Waals surface area contributed by atoms with Gasteiger partial charge in [0.15, 0.2) is 5.71 Å². The number of aliphatic hydroxyl groups is 1. The minimum atomic E-state index is -0.938. The molecule has 3 heteroatoms. The molecule has 0 saturated carbocycles. The van der Waals surface area contributed by atoms with Crippen molar-refractivity contribution in [2.24, 2.45) is 0 Å². The summed E-state index contributed by atoms with van der Waals surface area (Å²) in [4.78, 5) is 2.08. The standard InChI is InChI=1S/C21H27N2O/c1-6-11-21(24)19-13-17(22(2)3)9-7-15(19)12-16-8-10-18(23(4)5)14-20(16)21/h7-10,12-14,24H,6,11H2,1-5H3/q+1. The molecule has 126 valence electrons. The average Bonchev–Trinajstić information content (AvgIpc) is 2.54. The van der Waals surface area contributed by atoms with Crippen molar-refractivity contribution >= 4 is 17.5 Å². The number of anilines is 1. The molecule has 0 bridgehead atoms. The maximum atomic E-state index is 11.7. The number of hydrogen-bond donors (Lipinski definition) is 1. The summed E-state index contributed by atoms with van der Waals surface area (Å²) in [6, 6.07) is 6.36. The van der Waals surface area contributed by atoms with E-state index in [1.807, 2.05) is 28.2 Å². The summed E-state index contributed by atoms with van der Waals surface area (Å²) in [6.45, 7) is 2.13. The highest BCUT2D eigenvalue weighted by molar-refractivity contribution is 6.04. The van der Waals surface area contributed by atoms with E-state index in [2.05, 4.69) is 58.9 Å². The second-order valence-corrected chi connectivity index (χ2v) is 7.09. The van der Waals surface area contributed by atoms with Crippen LogP contribution in [0.1, 0.15) is 30.9 Å². The first-order valence-electron chi connectivity index (χ1n) is 8.57. The molecule has 0 fully saturated rings.